The molecule has 17 heavy (non-hydrogen) atoms. The number of furan rings is 1. The van der Waals surface area contributed by atoms with E-state index in [0.29, 0.717) is 18.0 Å². The van der Waals surface area contributed by atoms with E-state index < -0.39 is 0 Å². The minimum atomic E-state index is 0.632. The van der Waals surface area contributed by atoms with Gasteiger partial charge in [-0.2, -0.15) is 0 Å². The van der Waals surface area contributed by atoms with Crippen LogP contribution in [-0.2, 0) is 6.54 Å². The van der Waals surface area contributed by atoms with Crippen LogP contribution in [0.25, 0.3) is 0 Å². The molecule has 1 aromatic heterocycles. The molecular weight excluding hydrogens is 212 g/mol. The lowest BCUT2D eigenvalue weighted by Gasteiger charge is -2.42. The van der Waals surface area contributed by atoms with Crippen molar-refractivity contribution < 1.29 is 4.42 Å². The van der Waals surface area contributed by atoms with Crippen molar-refractivity contribution in [2.24, 2.45) is 5.92 Å². The molecule has 1 fully saturated rings. The number of hydrogen-bond donors (Lipinski definition) is 1. The molecule has 3 nitrogen and oxygen atoms in total. The lowest BCUT2D eigenvalue weighted by molar-refractivity contribution is 0.0898. The second kappa shape index (κ2) is 5.69. The van der Waals surface area contributed by atoms with Crippen molar-refractivity contribution in [2.45, 2.75) is 45.8 Å². The summed E-state index contributed by atoms with van der Waals surface area (Å²) >= 11 is 0. The van der Waals surface area contributed by atoms with Gasteiger partial charge in [0.2, 0.25) is 0 Å². The molecule has 0 aliphatic carbocycles. The van der Waals surface area contributed by atoms with Crippen LogP contribution in [0.5, 0.6) is 0 Å². The topological polar surface area (TPSA) is 28.4 Å². The van der Waals surface area contributed by atoms with Crippen molar-refractivity contribution in [3.05, 3.63) is 24.2 Å². The first kappa shape index (κ1) is 12.7. The Kier molecular flexibility index (Phi) is 4.24. The first-order valence-corrected chi connectivity index (χ1v) is 6.69. The average Bonchev–Trinajstić information content (AvgIpc) is 2.81. The smallest absolute Gasteiger partial charge is 0.0947 e. The van der Waals surface area contributed by atoms with Gasteiger partial charge in [0.15, 0.2) is 0 Å². The fraction of sp³-hybridized carbons (Fsp3) is 0.714. The summed E-state index contributed by atoms with van der Waals surface area (Å²) in [5.74, 6) is 0.687. The van der Waals surface area contributed by atoms with Crippen molar-refractivity contribution in [2.75, 3.05) is 13.1 Å². The van der Waals surface area contributed by atoms with Gasteiger partial charge in [0.1, 0.15) is 0 Å². The van der Waals surface area contributed by atoms with Crippen LogP contribution in [0.15, 0.2) is 23.0 Å². The highest BCUT2D eigenvalue weighted by atomic mass is 16.3. The normalized spacial score (nSPS) is 26.6. The third-order valence-electron chi connectivity index (χ3n) is 3.77. The SMILES string of the molecule is CCC1CN(Cc2ccoc2)C(C(C)C)CN1. The molecule has 0 amide bonds. The maximum absolute atomic E-state index is 5.16. The highest BCUT2D eigenvalue weighted by Gasteiger charge is 2.28. The number of nitrogens with one attached hydrogen (secondary N) is 1. The largest absolute Gasteiger partial charge is 0.472 e. The summed E-state index contributed by atoms with van der Waals surface area (Å²) in [5, 5.41) is 3.64. The quantitative estimate of drug-likeness (QED) is 0.870. The Morgan fingerprint density at radius 3 is 2.94 bits per heavy atom. The molecule has 1 aliphatic heterocycles. The van der Waals surface area contributed by atoms with E-state index in [4.69, 9.17) is 4.42 Å². The molecule has 1 aromatic rings. The van der Waals surface area contributed by atoms with Crippen LogP contribution in [0.1, 0.15) is 32.8 Å². The lowest BCUT2D eigenvalue weighted by Crippen LogP contribution is -2.57. The molecule has 0 bridgehead atoms. The summed E-state index contributed by atoms with van der Waals surface area (Å²) in [6.45, 7) is 10.1. The van der Waals surface area contributed by atoms with E-state index in [9.17, 15) is 0 Å². The van der Waals surface area contributed by atoms with Crippen molar-refractivity contribution in [1.29, 1.82) is 0 Å². The minimum absolute atomic E-state index is 0.632. The summed E-state index contributed by atoms with van der Waals surface area (Å²) in [5.41, 5.74) is 1.28. The van der Waals surface area contributed by atoms with Crippen LogP contribution in [0.4, 0.5) is 0 Å². The predicted octanol–water partition coefficient (Wildman–Crippen LogP) is 2.49. The number of piperazine rings is 1. The van der Waals surface area contributed by atoms with Crippen LogP contribution in [0.2, 0.25) is 0 Å². The molecule has 96 valence electrons. The first-order valence-electron chi connectivity index (χ1n) is 6.69. The zero-order valence-corrected chi connectivity index (χ0v) is 11.1. The van der Waals surface area contributed by atoms with E-state index in [0.717, 1.165) is 19.6 Å². The summed E-state index contributed by atoms with van der Waals surface area (Å²) in [6.07, 6.45) is 4.83. The zero-order chi connectivity index (χ0) is 12.3. The molecule has 0 spiro atoms. The van der Waals surface area contributed by atoms with Crippen LogP contribution < -0.4 is 5.32 Å². The molecule has 0 aromatic carbocycles. The van der Waals surface area contributed by atoms with E-state index in [-0.39, 0.29) is 0 Å². The molecule has 1 saturated heterocycles. The Balaban J connectivity index is 2.02. The van der Waals surface area contributed by atoms with Crippen molar-refractivity contribution in [1.82, 2.24) is 10.2 Å². The molecule has 1 aliphatic rings. The number of hydrogen-bond acceptors (Lipinski definition) is 3. The summed E-state index contributed by atoms with van der Waals surface area (Å²) in [4.78, 5) is 2.60. The summed E-state index contributed by atoms with van der Waals surface area (Å²) in [7, 11) is 0. The minimum Gasteiger partial charge on any atom is -0.472 e. The fourth-order valence-corrected chi connectivity index (χ4v) is 2.63. The average molecular weight is 236 g/mol. The zero-order valence-electron chi connectivity index (χ0n) is 11.1. The van der Waals surface area contributed by atoms with Gasteiger partial charge < -0.3 is 9.73 Å². The van der Waals surface area contributed by atoms with Crippen LogP contribution in [-0.4, -0.2) is 30.1 Å². The predicted molar refractivity (Wildman–Crippen MR) is 69.8 cm³/mol. The second-order valence-corrected chi connectivity index (χ2v) is 5.39. The third-order valence-corrected chi connectivity index (χ3v) is 3.77. The van der Waals surface area contributed by atoms with Gasteiger partial charge in [-0.3, -0.25) is 4.90 Å². The molecule has 3 heteroatoms. The van der Waals surface area contributed by atoms with Gasteiger partial charge in [-0.05, 0) is 18.4 Å². The lowest BCUT2D eigenvalue weighted by atomic mass is 9.97. The monoisotopic (exact) mass is 236 g/mol. The summed E-state index contributed by atoms with van der Waals surface area (Å²) in [6, 6.07) is 3.34. The van der Waals surface area contributed by atoms with Crippen molar-refractivity contribution >= 4 is 0 Å². The Hall–Kier alpha value is -0.800. The van der Waals surface area contributed by atoms with Crippen LogP contribution in [0, 0.1) is 5.92 Å². The number of nitrogens with zero attached hydrogens (tertiary/aromatic N) is 1. The third kappa shape index (κ3) is 3.11. The highest BCUT2D eigenvalue weighted by Crippen LogP contribution is 2.19. The first-order chi connectivity index (χ1) is 8.20. The number of rotatable bonds is 4. The van der Waals surface area contributed by atoms with Gasteiger partial charge in [0, 0.05) is 37.3 Å². The van der Waals surface area contributed by atoms with Gasteiger partial charge >= 0.3 is 0 Å². The van der Waals surface area contributed by atoms with Crippen LogP contribution >= 0.6 is 0 Å². The molecule has 0 saturated carbocycles. The Bertz CT molecular complexity index is 321. The summed E-state index contributed by atoms with van der Waals surface area (Å²) < 4.78 is 5.16. The molecule has 2 heterocycles. The van der Waals surface area contributed by atoms with Gasteiger partial charge in [-0.25, -0.2) is 0 Å². The maximum Gasteiger partial charge on any atom is 0.0947 e. The van der Waals surface area contributed by atoms with Crippen LogP contribution in [0.3, 0.4) is 0 Å². The fourth-order valence-electron chi connectivity index (χ4n) is 2.63. The Morgan fingerprint density at radius 2 is 2.35 bits per heavy atom. The Morgan fingerprint density at radius 1 is 1.53 bits per heavy atom. The van der Waals surface area contributed by atoms with Crippen molar-refractivity contribution in [3.63, 3.8) is 0 Å². The molecule has 2 unspecified atom stereocenters. The molecular formula is C14H24N2O. The maximum atomic E-state index is 5.16. The van der Waals surface area contributed by atoms with E-state index in [1.165, 1.54) is 12.0 Å². The van der Waals surface area contributed by atoms with E-state index in [1.807, 2.05) is 6.26 Å². The highest BCUT2D eigenvalue weighted by molar-refractivity contribution is 5.06. The van der Waals surface area contributed by atoms with Gasteiger partial charge in [-0.1, -0.05) is 20.8 Å². The van der Waals surface area contributed by atoms with E-state index in [1.54, 1.807) is 6.26 Å². The van der Waals surface area contributed by atoms with E-state index >= 15 is 0 Å². The van der Waals surface area contributed by atoms with Gasteiger partial charge in [0.05, 0.1) is 12.5 Å². The molecule has 1 N–H and O–H groups in total. The van der Waals surface area contributed by atoms with Crippen molar-refractivity contribution in [3.8, 4) is 0 Å². The van der Waals surface area contributed by atoms with E-state index in [2.05, 4.69) is 37.1 Å². The molecule has 2 atom stereocenters. The van der Waals surface area contributed by atoms with Gasteiger partial charge in [0.25, 0.3) is 0 Å². The second-order valence-electron chi connectivity index (χ2n) is 5.39. The molecule has 2 rings (SSSR count). The Labute approximate surface area is 104 Å². The van der Waals surface area contributed by atoms with Gasteiger partial charge in [-0.15, -0.1) is 0 Å². The standard InChI is InChI=1S/C14H24N2O/c1-4-13-9-16(8-12-5-6-17-10-12)14(7-15-13)11(2)3/h5-6,10-11,13-15H,4,7-9H2,1-3H3. The molecule has 0 radical (unpaired) electrons.